The van der Waals surface area contributed by atoms with Crippen molar-refractivity contribution < 1.29 is 8.42 Å². The van der Waals surface area contributed by atoms with Gasteiger partial charge >= 0.3 is 0 Å². The topological polar surface area (TPSA) is 49.4 Å². The van der Waals surface area contributed by atoms with E-state index >= 15 is 0 Å². The predicted molar refractivity (Wildman–Crippen MR) is 83.7 cm³/mol. The number of hydrogen-bond acceptors (Lipinski definition) is 4. The van der Waals surface area contributed by atoms with Crippen LogP contribution < -0.4 is 5.32 Å². The summed E-state index contributed by atoms with van der Waals surface area (Å²) < 4.78 is 23.7. The van der Waals surface area contributed by atoms with Gasteiger partial charge in [0.1, 0.15) is 0 Å². The third-order valence-electron chi connectivity index (χ3n) is 4.97. The van der Waals surface area contributed by atoms with E-state index < -0.39 is 9.84 Å². The highest BCUT2D eigenvalue weighted by atomic mass is 32.2. The van der Waals surface area contributed by atoms with Gasteiger partial charge in [0.05, 0.1) is 5.25 Å². The molecule has 0 aromatic rings. The first-order valence-electron chi connectivity index (χ1n) is 8.06. The van der Waals surface area contributed by atoms with Gasteiger partial charge in [-0.25, -0.2) is 8.42 Å². The minimum atomic E-state index is -2.91. The van der Waals surface area contributed by atoms with Crippen LogP contribution in [-0.2, 0) is 9.84 Å². The van der Waals surface area contributed by atoms with Crippen LogP contribution in [0, 0.1) is 5.92 Å². The van der Waals surface area contributed by atoms with E-state index in [2.05, 4.69) is 24.1 Å². The van der Waals surface area contributed by atoms with Crippen LogP contribution in [0.2, 0.25) is 0 Å². The van der Waals surface area contributed by atoms with Crippen LogP contribution in [0.5, 0.6) is 0 Å². The van der Waals surface area contributed by atoms with E-state index in [0.29, 0.717) is 12.0 Å². The van der Waals surface area contributed by atoms with Crippen LogP contribution in [0.3, 0.4) is 0 Å². The van der Waals surface area contributed by atoms with E-state index in [9.17, 15) is 8.42 Å². The smallest absolute Gasteiger partial charge is 0.151 e. The highest BCUT2D eigenvalue weighted by molar-refractivity contribution is 7.91. The lowest BCUT2D eigenvalue weighted by Gasteiger charge is -2.33. The van der Waals surface area contributed by atoms with E-state index in [4.69, 9.17) is 0 Å². The summed E-state index contributed by atoms with van der Waals surface area (Å²) in [6.45, 7) is 7.87. The highest BCUT2D eigenvalue weighted by Crippen LogP contribution is 2.25. The summed E-state index contributed by atoms with van der Waals surface area (Å²) in [4.78, 5) is 2.57. The fraction of sp³-hybridized carbons (Fsp3) is 1.00. The summed E-state index contributed by atoms with van der Waals surface area (Å²) in [5.41, 5.74) is 0. The van der Waals surface area contributed by atoms with Crippen molar-refractivity contribution in [2.45, 2.75) is 63.3 Å². The second kappa shape index (κ2) is 6.75. The molecule has 2 fully saturated rings. The molecule has 1 N–H and O–H groups in total. The lowest BCUT2D eigenvalue weighted by molar-refractivity contribution is 0.182. The van der Waals surface area contributed by atoms with Gasteiger partial charge in [-0.3, -0.25) is 4.90 Å². The van der Waals surface area contributed by atoms with Crippen molar-refractivity contribution in [1.82, 2.24) is 10.2 Å². The van der Waals surface area contributed by atoms with Gasteiger partial charge in [-0.15, -0.1) is 0 Å². The maximum absolute atomic E-state index is 11.8. The van der Waals surface area contributed by atoms with Crippen LogP contribution in [0.4, 0.5) is 0 Å². The van der Waals surface area contributed by atoms with Gasteiger partial charge in [0.2, 0.25) is 0 Å². The zero-order chi connectivity index (χ0) is 14.8. The van der Waals surface area contributed by atoms with Crippen LogP contribution >= 0.6 is 0 Å². The van der Waals surface area contributed by atoms with E-state index in [-0.39, 0.29) is 11.3 Å². The van der Waals surface area contributed by atoms with Gasteiger partial charge in [-0.1, -0.05) is 20.3 Å². The Balaban J connectivity index is 1.92. The average Bonchev–Trinajstić information content (AvgIpc) is 2.97. The van der Waals surface area contributed by atoms with E-state index in [0.717, 1.165) is 25.8 Å². The Labute approximate surface area is 124 Å². The second-order valence-corrected chi connectivity index (χ2v) is 9.13. The summed E-state index contributed by atoms with van der Waals surface area (Å²) in [5.74, 6) is 0.610. The zero-order valence-corrected chi connectivity index (χ0v) is 14.0. The number of rotatable bonds is 6. The summed E-state index contributed by atoms with van der Waals surface area (Å²) in [6, 6.07) is 0.701. The lowest BCUT2D eigenvalue weighted by Crippen LogP contribution is -2.49. The average molecular weight is 302 g/mol. The first-order valence-corrected chi connectivity index (χ1v) is 10.0. The van der Waals surface area contributed by atoms with Crippen molar-refractivity contribution in [3.05, 3.63) is 0 Å². The van der Waals surface area contributed by atoms with Crippen LogP contribution in [0.25, 0.3) is 0 Å². The first kappa shape index (κ1) is 16.2. The maximum atomic E-state index is 11.8. The van der Waals surface area contributed by atoms with Crippen molar-refractivity contribution in [2.24, 2.45) is 5.92 Å². The van der Waals surface area contributed by atoms with Crippen molar-refractivity contribution in [1.29, 1.82) is 0 Å². The van der Waals surface area contributed by atoms with Crippen LogP contribution in [0.1, 0.15) is 46.0 Å². The lowest BCUT2D eigenvalue weighted by atomic mass is 10.0. The zero-order valence-electron chi connectivity index (χ0n) is 13.1. The third-order valence-corrected chi connectivity index (χ3v) is 6.64. The molecule has 2 aliphatic rings. The summed E-state index contributed by atoms with van der Waals surface area (Å²) in [6.07, 6.45) is 6.86. The van der Waals surface area contributed by atoms with Crippen molar-refractivity contribution >= 4 is 9.84 Å². The number of nitrogens with zero attached hydrogens (tertiary/aromatic N) is 1. The SMILES string of the molecule is CC(C)C(CNC1CCCC1S(C)(=O)=O)N1CCCC1. The molecule has 1 heterocycles. The molecular formula is C15H30N2O2S. The molecule has 3 unspecified atom stereocenters. The molecule has 1 saturated carbocycles. The van der Waals surface area contributed by atoms with Crippen molar-refractivity contribution in [3.63, 3.8) is 0 Å². The molecule has 0 radical (unpaired) electrons. The summed E-state index contributed by atoms with van der Waals surface area (Å²) in [5, 5.41) is 3.40. The molecule has 20 heavy (non-hydrogen) atoms. The first-order chi connectivity index (χ1) is 9.39. The predicted octanol–water partition coefficient (Wildman–Crippen LogP) is 1.66. The van der Waals surface area contributed by atoms with Crippen molar-refractivity contribution in [2.75, 3.05) is 25.9 Å². The van der Waals surface area contributed by atoms with Gasteiger partial charge in [-0.2, -0.15) is 0 Å². The molecule has 3 atom stereocenters. The second-order valence-electron chi connectivity index (χ2n) is 6.87. The Morgan fingerprint density at radius 3 is 2.35 bits per heavy atom. The quantitative estimate of drug-likeness (QED) is 0.811. The number of sulfone groups is 1. The van der Waals surface area contributed by atoms with E-state index in [1.807, 2.05) is 0 Å². The molecule has 1 aliphatic heterocycles. The Hall–Kier alpha value is -0.130. The molecule has 0 amide bonds. The summed E-state index contributed by atoms with van der Waals surface area (Å²) in [7, 11) is -2.91. The van der Waals surface area contributed by atoms with Crippen LogP contribution in [-0.4, -0.2) is 56.5 Å². The Kier molecular flexibility index (Phi) is 5.49. The fourth-order valence-corrected chi connectivity index (χ4v) is 5.23. The Bertz CT molecular complexity index is 402. The normalized spacial score (nSPS) is 30.2. The fourth-order valence-electron chi connectivity index (χ4n) is 3.80. The molecular weight excluding hydrogens is 272 g/mol. The molecule has 4 nitrogen and oxygen atoms in total. The van der Waals surface area contributed by atoms with E-state index in [1.165, 1.54) is 32.2 Å². The molecule has 0 aromatic carbocycles. The minimum absolute atomic E-state index is 0.161. The number of hydrogen-bond donors (Lipinski definition) is 1. The van der Waals surface area contributed by atoms with Gasteiger partial charge in [-0.05, 0) is 44.7 Å². The van der Waals surface area contributed by atoms with Crippen molar-refractivity contribution in [3.8, 4) is 0 Å². The standard InChI is InChI=1S/C15H30N2O2S/c1-12(2)14(17-9-4-5-10-17)11-16-13-7-6-8-15(13)20(3,18)19/h12-16H,4-11H2,1-3H3. The molecule has 2 rings (SSSR count). The number of likely N-dealkylation sites (tertiary alicyclic amines) is 1. The number of nitrogens with one attached hydrogen (secondary N) is 1. The maximum Gasteiger partial charge on any atom is 0.151 e. The van der Waals surface area contributed by atoms with Crippen LogP contribution in [0.15, 0.2) is 0 Å². The molecule has 0 aromatic heterocycles. The third kappa shape index (κ3) is 3.95. The summed E-state index contributed by atoms with van der Waals surface area (Å²) >= 11 is 0. The Morgan fingerprint density at radius 1 is 1.15 bits per heavy atom. The van der Waals surface area contributed by atoms with Gasteiger partial charge < -0.3 is 5.32 Å². The van der Waals surface area contributed by atoms with Gasteiger partial charge in [0.15, 0.2) is 9.84 Å². The molecule has 118 valence electrons. The molecule has 1 aliphatic carbocycles. The highest BCUT2D eigenvalue weighted by Gasteiger charge is 2.35. The minimum Gasteiger partial charge on any atom is -0.311 e. The largest absolute Gasteiger partial charge is 0.311 e. The monoisotopic (exact) mass is 302 g/mol. The van der Waals surface area contributed by atoms with Gasteiger partial charge in [0, 0.05) is 24.9 Å². The van der Waals surface area contributed by atoms with E-state index in [1.54, 1.807) is 0 Å². The van der Waals surface area contributed by atoms with Gasteiger partial charge in [0.25, 0.3) is 0 Å². The molecule has 5 heteroatoms. The molecule has 0 spiro atoms. The Morgan fingerprint density at radius 2 is 1.80 bits per heavy atom. The molecule has 0 bridgehead atoms. The molecule has 1 saturated heterocycles.